The molecule has 1 atom stereocenters. The summed E-state index contributed by atoms with van der Waals surface area (Å²) in [6.45, 7) is -0.171. The molecule has 0 radical (unpaired) electrons. The Morgan fingerprint density at radius 2 is 1.88 bits per heavy atom. The van der Waals surface area contributed by atoms with Gasteiger partial charge in [0, 0.05) is 0 Å². The Balaban J connectivity index is 2.31. The lowest BCUT2D eigenvalue weighted by Gasteiger charge is -2.18. The number of ether oxygens (including phenoxy) is 1. The third-order valence-corrected chi connectivity index (χ3v) is 3.59. The first-order chi connectivity index (χ1) is 11.5. The van der Waals surface area contributed by atoms with E-state index in [-0.39, 0.29) is 24.7 Å². The molecule has 0 fully saturated rings. The normalized spacial score (nSPS) is 11.6. The predicted molar refractivity (Wildman–Crippen MR) is 88.4 cm³/mol. The standard InChI is InChI=1S/C18H19FN2O3/c1-24-18(23)10-16(21-17(22)11-20)14-4-2-3-13(9-14)12-5-7-15(19)8-6-12/h2-9,16H,10-11,20H2,1H3,(H,21,22). The van der Waals surface area contributed by atoms with Crippen molar-refractivity contribution in [3.05, 3.63) is 59.9 Å². The topological polar surface area (TPSA) is 81.4 Å². The molecule has 0 saturated carbocycles. The number of amides is 1. The van der Waals surface area contributed by atoms with Gasteiger partial charge >= 0.3 is 5.97 Å². The van der Waals surface area contributed by atoms with Gasteiger partial charge in [-0.25, -0.2) is 4.39 Å². The summed E-state index contributed by atoms with van der Waals surface area (Å²) >= 11 is 0. The Morgan fingerprint density at radius 3 is 2.50 bits per heavy atom. The Hall–Kier alpha value is -2.73. The minimum absolute atomic E-state index is 0.00485. The summed E-state index contributed by atoms with van der Waals surface area (Å²) < 4.78 is 17.7. The summed E-state index contributed by atoms with van der Waals surface area (Å²) in [5.74, 6) is -1.12. The molecule has 0 bridgehead atoms. The lowest BCUT2D eigenvalue weighted by molar-refractivity contribution is -0.141. The maximum Gasteiger partial charge on any atom is 0.307 e. The molecule has 2 aromatic rings. The molecule has 0 aliphatic heterocycles. The van der Waals surface area contributed by atoms with Crippen LogP contribution in [0.25, 0.3) is 11.1 Å². The molecule has 0 spiro atoms. The first-order valence-corrected chi connectivity index (χ1v) is 7.45. The van der Waals surface area contributed by atoms with Crippen molar-refractivity contribution in [3.8, 4) is 11.1 Å². The van der Waals surface area contributed by atoms with Crippen molar-refractivity contribution in [2.45, 2.75) is 12.5 Å². The van der Waals surface area contributed by atoms with Gasteiger partial charge in [0.1, 0.15) is 5.82 Å². The van der Waals surface area contributed by atoms with Gasteiger partial charge < -0.3 is 15.8 Å². The van der Waals surface area contributed by atoms with Crippen molar-refractivity contribution in [1.82, 2.24) is 5.32 Å². The van der Waals surface area contributed by atoms with Crippen LogP contribution in [0, 0.1) is 5.82 Å². The van der Waals surface area contributed by atoms with Gasteiger partial charge in [0.05, 0.1) is 26.1 Å². The molecule has 6 heteroatoms. The number of carbonyl (C=O) groups excluding carboxylic acids is 2. The highest BCUT2D eigenvalue weighted by molar-refractivity contribution is 5.79. The van der Waals surface area contributed by atoms with E-state index in [2.05, 4.69) is 10.1 Å². The van der Waals surface area contributed by atoms with E-state index in [0.717, 1.165) is 16.7 Å². The molecule has 1 unspecified atom stereocenters. The molecule has 0 saturated heterocycles. The van der Waals surface area contributed by atoms with E-state index >= 15 is 0 Å². The molecule has 2 rings (SSSR count). The van der Waals surface area contributed by atoms with Crippen molar-refractivity contribution < 1.29 is 18.7 Å². The number of hydrogen-bond acceptors (Lipinski definition) is 4. The number of halogens is 1. The number of rotatable bonds is 6. The average molecular weight is 330 g/mol. The largest absolute Gasteiger partial charge is 0.469 e. The molecule has 24 heavy (non-hydrogen) atoms. The van der Waals surface area contributed by atoms with Crippen LogP contribution >= 0.6 is 0 Å². The number of nitrogens with two attached hydrogens (primary N) is 1. The number of nitrogens with one attached hydrogen (secondary N) is 1. The molecule has 0 aromatic heterocycles. The molecule has 0 aliphatic rings. The van der Waals surface area contributed by atoms with E-state index in [9.17, 15) is 14.0 Å². The van der Waals surface area contributed by atoms with E-state index in [1.807, 2.05) is 18.2 Å². The highest BCUT2D eigenvalue weighted by Gasteiger charge is 2.19. The Morgan fingerprint density at radius 1 is 1.17 bits per heavy atom. The van der Waals surface area contributed by atoms with Crippen molar-refractivity contribution in [3.63, 3.8) is 0 Å². The van der Waals surface area contributed by atoms with Gasteiger partial charge in [0.15, 0.2) is 0 Å². The van der Waals surface area contributed by atoms with Crippen LogP contribution in [0.1, 0.15) is 18.0 Å². The second kappa shape index (κ2) is 8.21. The van der Waals surface area contributed by atoms with Gasteiger partial charge in [-0.05, 0) is 34.9 Å². The highest BCUT2D eigenvalue weighted by Crippen LogP contribution is 2.25. The first-order valence-electron chi connectivity index (χ1n) is 7.45. The number of esters is 1. The fraction of sp³-hybridized carbons (Fsp3) is 0.222. The zero-order chi connectivity index (χ0) is 17.5. The summed E-state index contributed by atoms with van der Waals surface area (Å²) in [5.41, 5.74) is 7.76. The number of hydrogen-bond donors (Lipinski definition) is 2. The second-order valence-electron chi connectivity index (χ2n) is 5.24. The van der Waals surface area contributed by atoms with Crippen LogP contribution in [0.2, 0.25) is 0 Å². The molecular weight excluding hydrogens is 311 g/mol. The molecule has 0 heterocycles. The molecule has 1 amide bonds. The number of carbonyl (C=O) groups is 2. The minimum Gasteiger partial charge on any atom is -0.469 e. The lowest BCUT2D eigenvalue weighted by Crippen LogP contribution is -2.35. The summed E-state index contributed by atoms with van der Waals surface area (Å²) in [7, 11) is 1.29. The van der Waals surface area contributed by atoms with Gasteiger partial charge in [-0.2, -0.15) is 0 Å². The van der Waals surface area contributed by atoms with Gasteiger partial charge in [0.2, 0.25) is 5.91 Å². The van der Waals surface area contributed by atoms with E-state index in [4.69, 9.17) is 5.73 Å². The third-order valence-electron chi connectivity index (χ3n) is 3.59. The van der Waals surface area contributed by atoms with E-state index in [0.29, 0.717) is 0 Å². The van der Waals surface area contributed by atoms with Crippen LogP contribution < -0.4 is 11.1 Å². The van der Waals surface area contributed by atoms with Crippen molar-refractivity contribution in [2.24, 2.45) is 5.73 Å². The molecule has 3 N–H and O–H groups in total. The fourth-order valence-electron chi connectivity index (χ4n) is 2.33. The fourth-order valence-corrected chi connectivity index (χ4v) is 2.33. The van der Waals surface area contributed by atoms with E-state index in [1.165, 1.54) is 19.2 Å². The van der Waals surface area contributed by atoms with E-state index < -0.39 is 12.0 Å². The van der Waals surface area contributed by atoms with Gasteiger partial charge in [0.25, 0.3) is 0 Å². The van der Waals surface area contributed by atoms with Crippen LogP contribution in [0.5, 0.6) is 0 Å². The van der Waals surface area contributed by atoms with Crippen LogP contribution in [-0.2, 0) is 14.3 Å². The summed E-state index contributed by atoms with van der Waals surface area (Å²) in [4.78, 5) is 23.2. The van der Waals surface area contributed by atoms with Gasteiger partial charge in [-0.3, -0.25) is 9.59 Å². The third kappa shape index (κ3) is 4.63. The van der Waals surface area contributed by atoms with Crippen molar-refractivity contribution >= 4 is 11.9 Å². The summed E-state index contributed by atoms with van der Waals surface area (Å²) in [6.07, 6.45) is -0.00485. The zero-order valence-electron chi connectivity index (χ0n) is 13.3. The Labute approximate surface area is 139 Å². The molecule has 126 valence electrons. The maximum absolute atomic E-state index is 13.1. The Kier molecular flexibility index (Phi) is 6.03. The van der Waals surface area contributed by atoms with Crippen LogP contribution in [-0.4, -0.2) is 25.5 Å². The highest BCUT2D eigenvalue weighted by atomic mass is 19.1. The number of methoxy groups -OCH3 is 1. The van der Waals surface area contributed by atoms with Crippen LogP contribution in [0.4, 0.5) is 4.39 Å². The molecular formula is C18H19FN2O3. The maximum atomic E-state index is 13.1. The van der Waals surface area contributed by atoms with Crippen LogP contribution in [0.3, 0.4) is 0 Å². The van der Waals surface area contributed by atoms with Crippen LogP contribution in [0.15, 0.2) is 48.5 Å². The smallest absolute Gasteiger partial charge is 0.307 e. The zero-order valence-corrected chi connectivity index (χ0v) is 13.3. The molecule has 0 aliphatic carbocycles. The van der Waals surface area contributed by atoms with Crippen molar-refractivity contribution in [1.29, 1.82) is 0 Å². The second-order valence-corrected chi connectivity index (χ2v) is 5.24. The minimum atomic E-state index is -0.547. The molecule has 5 nitrogen and oxygen atoms in total. The van der Waals surface area contributed by atoms with Gasteiger partial charge in [-0.1, -0.05) is 30.3 Å². The molecule has 2 aromatic carbocycles. The lowest BCUT2D eigenvalue weighted by atomic mass is 9.97. The monoisotopic (exact) mass is 330 g/mol. The predicted octanol–water partition coefficient (Wildman–Crippen LogP) is 2.17. The Bertz CT molecular complexity index is 698. The van der Waals surface area contributed by atoms with Gasteiger partial charge in [-0.15, -0.1) is 0 Å². The summed E-state index contributed by atoms with van der Waals surface area (Å²) in [6, 6.07) is 12.9. The quantitative estimate of drug-likeness (QED) is 0.796. The first kappa shape index (κ1) is 17.6. The average Bonchev–Trinajstić information content (AvgIpc) is 2.61. The van der Waals surface area contributed by atoms with Crippen molar-refractivity contribution in [2.75, 3.05) is 13.7 Å². The van der Waals surface area contributed by atoms with E-state index in [1.54, 1.807) is 18.2 Å². The number of benzene rings is 2. The summed E-state index contributed by atoms with van der Waals surface area (Å²) in [5, 5.41) is 2.71. The SMILES string of the molecule is COC(=O)CC(NC(=O)CN)c1cccc(-c2ccc(F)cc2)c1.